The predicted molar refractivity (Wildman–Crippen MR) is 289 cm³/mol. The summed E-state index contributed by atoms with van der Waals surface area (Å²) in [5.74, 6) is 0.870. The Morgan fingerprint density at radius 2 is 0.493 bits per heavy atom. The van der Waals surface area contributed by atoms with Gasteiger partial charge in [0.15, 0.2) is 6.10 Å². The van der Waals surface area contributed by atoms with Crippen LogP contribution in [0.25, 0.3) is 0 Å². The van der Waals surface area contributed by atoms with Gasteiger partial charge in [-0.05, 0) is 31.1 Å². The summed E-state index contributed by atoms with van der Waals surface area (Å²) in [5, 5.41) is 0. The Morgan fingerprint density at radius 3 is 0.731 bits per heavy atom. The van der Waals surface area contributed by atoms with Crippen molar-refractivity contribution in [2.24, 2.45) is 11.8 Å². The van der Waals surface area contributed by atoms with Crippen LogP contribution < -0.4 is 0 Å². The van der Waals surface area contributed by atoms with E-state index in [9.17, 15) is 14.4 Å². The number of carbonyl (C=O) groups excluding carboxylic acids is 3. The lowest BCUT2D eigenvalue weighted by Crippen LogP contribution is -2.30. The van der Waals surface area contributed by atoms with Gasteiger partial charge in [-0.1, -0.05) is 304 Å². The molecule has 0 radical (unpaired) electrons. The van der Waals surface area contributed by atoms with Crippen molar-refractivity contribution >= 4 is 17.9 Å². The van der Waals surface area contributed by atoms with Gasteiger partial charge in [0.25, 0.3) is 0 Å². The van der Waals surface area contributed by atoms with Gasteiger partial charge in [0, 0.05) is 19.3 Å². The molecule has 0 spiro atoms. The van der Waals surface area contributed by atoms with Crippen molar-refractivity contribution in [3.05, 3.63) is 0 Å². The molecule has 0 aliphatic rings. The molecule has 0 N–H and O–H groups in total. The highest BCUT2D eigenvalue weighted by atomic mass is 16.6. The summed E-state index contributed by atoms with van der Waals surface area (Å²) in [6.07, 6.45) is 58.2. The van der Waals surface area contributed by atoms with Crippen LogP contribution in [0.3, 0.4) is 0 Å². The van der Waals surface area contributed by atoms with E-state index in [1.165, 1.54) is 231 Å². The zero-order valence-electron chi connectivity index (χ0n) is 46.0. The SMILES string of the molecule is CCCCCCCCCCCCC(=O)OC[C@@H](COC(=O)CCCCCCCCCCCCCCCCCCCCC(C)C)OC(=O)CCCCCCCCCCCCCCCCCC(C)C. The lowest BCUT2D eigenvalue weighted by Gasteiger charge is -2.18. The normalized spacial score (nSPS) is 12.0. The Bertz CT molecular complexity index is 1020. The first-order valence-corrected chi connectivity index (χ1v) is 30.2. The fraction of sp³-hybridized carbons (Fsp3) is 0.951. The third-order valence-electron chi connectivity index (χ3n) is 14.0. The van der Waals surface area contributed by atoms with Crippen LogP contribution in [0.4, 0.5) is 0 Å². The smallest absolute Gasteiger partial charge is 0.306 e. The molecule has 0 unspecified atom stereocenters. The minimum absolute atomic E-state index is 0.0623. The molecule has 0 amide bonds. The number of hydrogen-bond donors (Lipinski definition) is 0. The van der Waals surface area contributed by atoms with E-state index in [-0.39, 0.29) is 31.1 Å². The molecule has 0 aromatic heterocycles. The first kappa shape index (κ1) is 65.4. The topological polar surface area (TPSA) is 78.9 Å². The zero-order valence-corrected chi connectivity index (χ0v) is 46.0. The second-order valence-corrected chi connectivity index (χ2v) is 21.9. The van der Waals surface area contributed by atoms with Gasteiger partial charge in [-0.3, -0.25) is 14.4 Å². The highest BCUT2D eigenvalue weighted by Crippen LogP contribution is 2.19. The fourth-order valence-corrected chi connectivity index (χ4v) is 9.40. The largest absolute Gasteiger partial charge is 0.462 e. The first-order valence-electron chi connectivity index (χ1n) is 30.2. The molecule has 6 heteroatoms. The van der Waals surface area contributed by atoms with Gasteiger partial charge in [0.1, 0.15) is 13.2 Å². The van der Waals surface area contributed by atoms with Crippen LogP contribution in [0.15, 0.2) is 0 Å². The first-order chi connectivity index (χ1) is 32.7. The summed E-state index contributed by atoms with van der Waals surface area (Å²) < 4.78 is 16.9. The van der Waals surface area contributed by atoms with Crippen molar-refractivity contribution in [2.75, 3.05) is 13.2 Å². The molecule has 0 aliphatic carbocycles. The number of ether oxygens (including phenoxy) is 3. The fourth-order valence-electron chi connectivity index (χ4n) is 9.40. The van der Waals surface area contributed by atoms with Gasteiger partial charge >= 0.3 is 17.9 Å². The molecule has 0 aromatic rings. The number of carbonyl (C=O) groups is 3. The van der Waals surface area contributed by atoms with Crippen molar-refractivity contribution < 1.29 is 28.6 Å². The van der Waals surface area contributed by atoms with E-state index >= 15 is 0 Å². The van der Waals surface area contributed by atoms with Gasteiger partial charge in [0.05, 0.1) is 0 Å². The number of unbranched alkanes of at least 4 members (excludes halogenated alkanes) is 40. The number of hydrogen-bond acceptors (Lipinski definition) is 6. The van der Waals surface area contributed by atoms with Crippen molar-refractivity contribution in [1.82, 2.24) is 0 Å². The average molecular weight is 948 g/mol. The van der Waals surface area contributed by atoms with Crippen molar-refractivity contribution in [2.45, 2.75) is 349 Å². The lowest BCUT2D eigenvalue weighted by atomic mass is 10.0. The lowest BCUT2D eigenvalue weighted by molar-refractivity contribution is -0.167. The van der Waals surface area contributed by atoms with Crippen LogP contribution in [0.1, 0.15) is 343 Å². The van der Waals surface area contributed by atoms with Crippen molar-refractivity contribution in [3.63, 3.8) is 0 Å². The van der Waals surface area contributed by atoms with E-state index in [1.54, 1.807) is 0 Å². The summed E-state index contributed by atoms with van der Waals surface area (Å²) in [6.45, 7) is 11.4. The summed E-state index contributed by atoms with van der Waals surface area (Å²) in [6, 6.07) is 0. The van der Waals surface area contributed by atoms with Crippen LogP contribution in [0, 0.1) is 11.8 Å². The van der Waals surface area contributed by atoms with Crippen molar-refractivity contribution in [3.8, 4) is 0 Å². The Labute approximate surface area is 418 Å². The molecule has 0 fully saturated rings. The Balaban J connectivity index is 4.20. The molecular formula is C61H118O6. The number of esters is 3. The molecule has 1 atom stereocenters. The highest BCUT2D eigenvalue weighted by molar-refractivity contribution is 5.71. The Kier molecular flexibility index (Phi) is 52.5. The molecule has 0 aromatic carbocycles. The van der Waals surface area contributed by atoms with E-state index in [0.29, 0.717) is 19.3 Å². The molecule has 398 valence electrons. The summed E-state index contributed by atoms with van der Waals surface area (Å²) in [4.78, 5) is 38.1. The summed E-state index contributed by atoms with van der Waals surface area (Å²) in [7, 11) is 0. The zero-order chi connectivity index (χ0) is 48.9. The molecule has 0 rings (SSSR count). The van der Waals surface area contributed by atoms with Gasteiger partial charge in [0.2, 0.25) is 0 Å². The Hall–Kier alpha value is -1.59. The van der Waals surface area contributed by atoms with E-state index in [4.69, 9.17) is 14.2 Å². The van der Waals surface area contributed by atoms with E-state index in [0.717, 1.165) is 69.6 Å². The number of rotatable bonds is 55. The molecule has 0 saturated carbocycles. The van der Waals surface area contributed by atoms with Gasteiger partial charge in [-0.15, -0.1) is 0 Å². The van der Waals surface area contributed by atoms with Crippen molar-refractivity contribution in [1.29, 1.82) is 0 Å². The van der Waals surface area contributed by atoms with Crippen LogP contribution >= 0.6 is 0 Å². The Morgan fingerprint density at radius 1 is 0.284 bits per heavy atom. The quantitative estimate of drug-likeness (QED) is 0.0343. The molecule has 6 nitrogen and oxygen atoms in total. The molecule has 0 saturated heterocycles. The summed E-state index contributed by atoms with van der Waals surface area (Å²) >= 11 is 0. The average Bonchev–Trinajstić information content (AvgIpc) is 3.30. The van der Waals surface area contributed by atoms with Gasteiger partial charge in [-0.25, -0.2) is 0 Å². The molecule has 0 aliphatic heterocycles. The molecule has 0 bridgehead atoms. The van der Waals surface area contributed by atoms with Crippen LogP contribution in [-0.2, 0) is 28.6 Å². The minimum Gasteiger partial charge on any atom is -0.462 e. The minimum atomic E-state index is -0.762. The van der Waals surface area contributed by atoms with E-state index in [1.807, 2.05) is 0 Å². The monoisotopic (exact) mass is 947 g/mol. The summed E-state index contributed by atoms with van der Waals surface area (Å²) in [5.41, 5.74) is 0. The van der Waals surface area contributed by atoms with E-state index < -0.39 is 6.10 Å². The second kappa shape index (κ2) is 53.8. The highest BCUT2D eigenvalue weighted by Gasteiger charge is 2.19. The molecular weight excluding hydrogens is 829 g/mol. The van der Waals surface area contributed by atoms with Gasteiger partial charge in [-0.2, -0.15) is 0 Å². The maximum Gasteiger partial charge on any atom is 0.306 e. The maximum atomic E-state index is 12.9. The third kappa shape index (κ3) is 55.2. The van der Waals surface area contributed by atoms with Gasteiger partial charge < -0.3 is 14.2 Å². The maximum absolute atomic E-state index is 12.9. The predicted octanol–water partition coefficient (Wildman–Crippen LogP) is 20.0. The standard InChI is InChI=1S/C61H118O6/c1-6-7-8-9-10-11-31-36-41-46-51-59(62)65-54-58(67-61(64)53-48-43-38-33-28-24-20-16-18-22-26-30-35-40-45-50-57(4)5)55-66-60(63)52-47-42-37-32-27-23-19-15-13-12-14-17-21-25-29-34-39-44-49-56(2)3/h56-58H,6-55H2,1-5H3/t58-/m0/s1. The van der Waals surface area contributed by atoms with Crippen LogP contribution in [0.2, 0.25) is 0 Å². The third-order valence-corrected chi connectivity index (χ3v) is 14.0. The van der Waals surface area contributed by atoms with E-state index in [2.05, 4.69) is 34.6 Å². The van der Waals surface area contributed by atoms with Crippen LogP contribution in [-0.4, -0.2) is 37.2 Å². The molecule has 67 heavy (non-hydrogen) atoms. The molecule has 0 heterocycles. The van der Waals surface area contributed by atoms with Crippen LogP contribution in [0.5, 0.6) is 0 Å². The second-order valence-electron chi connectivity index (χ2n) is 21.9.